The summed E-state index contributed by atoms with van der Waals surface area (Å²) >= 11 is 0. The van der Waals surface area contributed by atoms with Gasteiger partial charge in [-0.1, -0.05) is 0 Å². The highest BCUT2D eigenvalue weighted by atomic mass is 31.2. The van der Waals surface area contributed by atoms with Crippen LogP contribution in [0.2, 0.25) is 0 Å². The monoisotopic (exact) mass is 335 g/mol. The normalized spacial score (nSPS) is 22.5. The van der Waals surface area contributed by atoms with E-state index in [1.165, 1.54) is 0 Å². The van der Waals surface area contributed by atoms with Gasteiger partial charge in [-0.3, -0.25) is 14.9 Å². The first kappa shape index (κ1) is 19.0. The van der Waals surface area contributed by atoms with Crippen LogP contribution in [0.3, 0.4) is 0 Å². The second-order valence-corrected chi connectivity index (χ2v) is 7.25. The van der Waals surface area contributed by atoms with Crippen molar-refractivity contribution in [2.24, 2.45) is 0 Å². The van der Waals surface area contributed by atoms with Crippen LogP contribution in [-0.4, -0.2) is 57.4 Å². The number of nitrogens with one attached hydrogen (secondary N) is 1. The zero-order valence-corrected chi connectivity index (χ0v) is 13.7. The van der Waals surface area contributed by atoms with Gasteiger partial charge in [-0.2, -0.15) is 14.7 Å². The van der Waals surface area contributed by atoms with Gasteiger partial charge in [-0.15, -0.1) is 0 Å². The van der Waals surface area contributed by atoms with E-state index in [9.17, 15) is 9.59 Å². The van der Waals surface area contributed by atoms with E-state index in [0.29, 0.717) is 24.8 Å². The van der Waals surface area contributed by atoms with Crippen molar-refractivity contribution in [1.82, 2.24) is 10.2 Å². The van der Waals surface area contributed by atoms with Gasteiger partial charge in [0.15, 0.2) is 0 Å². The second kappa shape index (κ2) is 8.55. The predicted octanol–water partition coefficient (Wildman–Crippen LogP) is 0.119. The van der Waals surface area contributed by atoms with Crippen molar-refractivity contribution in [1.29, 1.82) is 0 Å². The van der Waals surface area contributed by atoms with Crippen molar-refractivity contribution >= 4 is 20.3 Å². The maximum Gasteiger partial charge on any atom is 0.403 e. The molecule has 1 heterocycles. The number of amides is 2. The number of ether oxygens (including phenoxy) is 1. The van der Waals surface area contributed by atoms with Gasteiger partial charge < -0.3 is 9.64 Å². The topological polar surface area (TPSA) is 119 Å². The summed E-state index contributed by atoms with van der Waals surface area (Å²) < 4.78 is 5.83. The number of nitrogens with zero attached hydrogens (tertiary/aromatic N) is 1. The Bertz CT molecular complexity index is 423. The zero-order valence-electron chi connectivity index (χ0n) is 12.8. The van der Waals surface area contributed by atoms with Gasteiger partial charge in [0.05, 0.1) is 6.10 Å². The average molecular weight is 335 g/mol. The number of rotatable bonds is 8. The highest BCUT2D eigenvalue weighted by Crippen LogP contribution is 2.45. The lowest BCUT2D eigenvalue weighted by Gasteiger charge is -2.23. The van der Waals surface area contributed by atoms with Gasteiger partial charge in [0, 0.05) is 18.8 Å². The minimum Gasteiger partial charge on any atom is -0.355 e. The Kier molecular flexibility index (Phi) is 7.38. The number of carbonyl (C=O) groups excluding carboxylic acids is 2. The Hall–Kier alpha value is -1.05. The van der Waals surface area contributed by atoms with Crippen LogP contribution < -0.4 is 5.32 Å². The van der Waals surface area contributed by atoms with Crippen molar-refractivity contribution < 1.29 is 29.0 Å². The van der Waals surface area contributed by atoms with Gasteiger partial charge in [-0.05, 0) is 32.6 Å². The summed E-state index contributed by atoms with van der Waals surface area (Å²) in [5, 5.41) is 2.07. The van der Waals surface area contributed by atoms with E-state index >= 15 is 0 Å². The molecule has 2 atom stereocenters. The molecule has 1 rings (SSSR count). The Morgan fingerprint density at radius 2 is 2.09 bits per heavy atom. The van der Waals surface area contributed by atoms with Crippen molar-refractivity contribution in [3.05, 3.63) is 11.8 Å². The molecule has 0 aliphatic carbocycles. The summed E-state index contributed by atoms with van der Waals surface area (Å²) in [5.74, 6) is -0.453. The zero-order chi connectivity index (χ0) is 16.8. The largest absolute Gasteiger partial charge is 0.403 e. The quantitative estimate of drug-likeness (QED) is 0.282. The molecule has 2 amide bonds. The first-order valence-electron chi connectivity index (χ1n) is 7.09. The van der Waals surface area contributed by atoms with E-state index in [1.807, 2.05) is 0 Å². The first-order valence-corrected chi connectivity index (χ1v) is 8.93. The molecular weight excluding hydrogens is 311 g/mol. The number of carbonyl (C=O) groups is 2. The third-order valence-corrected chi connectivity index (χ3v) is 4.39. The van der Waals surface area contributed by atoms with E-state index < -0.39 is 13.9 Å². The molecule has 0 aromatic rings. The average Bonchev–Trinajstić information content (AvgIpc) is 2.86. The van der Waals surface area contributed by atoms with Crippen molar-refractivity contribution in [2.75, 3.05) is 13.2 Å². The summed E-state index contributed by atoms with van der Waals surface area (Å²) in [7, 11) is -1.90. The molecule has 1 aliphatic heterocycles. The van der Waals surface area contributed by atoms with E-state index in [-0.39, 0.29) is 18.5 Å². The summed E-state index contributed by atoms with van der Waals surface area (Å²) in [5.41, 5.74) is 0.400. The Balaban J connectivity index is 2.40. The highest BCUT2D eigenvalue weighted by Gasteiger charge is 2.31. The molecule has 9 heteroatoms. The fourth-order valence-corrected chi connectivity index (χ4v) is 2.95. The summed E-state index contributed by atoms with van der Waals surface area (Å²) in [6.07, 6.45) is 4.52. The van der Waals surface area contributed by atoms with E-state index in [0.717, 1.165) is 12.8 Å². The third kappa shape index (κ3) is 6.81. The van der Waals surface area contributed by atoms with Crippen LogP contribution in [0.5, 0.6) is 0 Å². The van der Waals surface area contributed by atoms with Crippen LogP contribution in [-0.2, 0) is 14.3 Å². The fourth-order valence-electron chi connectivity index (χ4n) is 2.34. The van der Waals surface area contributed by atoms with Crippen molar-refractivity contribution in [3.8, 4) is 0 Å². The summed E-state index contributed by atoms with van der Waals surface area (Å²) in [6.45, 7) is 1.61. The molecule has 1 saturated heterocycles. The molecule has 0 spiro atoms. The molecule has 0 saturated carbocycles. The van der Waals surface area contributed by atoms with E-state index in [2.05, 4.69) is 5.32 Å². The minimum atomic E-state index is -3.69. The second-order valence-electron chi connectivity index (χ2n) is 5.42. The van der Waals surface area contributed by atoms with Crippen LogP contribution in [0.15, 0.2) is 11.8 Å². The molecule has 0 aromatic carbocycles. The van der Waals surface area contributed by atoms with Crippen LogP contribution >= 0.6 is 7.94 Å². The first-order chi connectivity index (χ1) is 10.2. The minimum absolute atomic E-state index is 0.00323. The van der Waals surface area contributed by atoms with Crippen LogP contribution in [0.1, 0.15) is 32.6 Å². The molecule has 2 unspecified atom stereocenters. The van der Waals surface area contributed by atoms with E-state index in [1.54, 1.807) is 25.1 Å². The van der Waals surface area contributed by atoms with Gasteiger partial charge in [0.2, 0.25) is 6.41 Å². The number of hydrogen-bond donors (Lipinski definition) is 4. The standard InChI is InChI=1S/C13H23N2O6P/c1-10(13(17)14-9-16)8-15(2)12-6-5-11(21-12)4-3-7-22(18,19)20/h8-9,11-12,18-20H,3-7H2,1-2H3/p+1/b10-8-. The van der Waals surface area contributed by atoms with Crippen molar-refractivity contribution in [2.45, 2.75) is 44.9 Å². The van der Waals surface area contributed by atoms with Crippen molar-refractivity contribution in [3.63, 3.8) is 0 Å². The SMILES string of the molecule is C/C(=C/N(C)C1CCC(CCC[P+](O)(O)O)O1)C(=O)NC=O. The molecule has 0 bridgehead atoms. The van der Waals surface area contributed by atoms with Gasteiger partial charge in [-0.25, -0.2) is 0 Å². The summed E-state index contributed by atoms with van der Waals surface area (Å²) in [4.78, 5) is 50.2. The molecule has 0 aromatic heterocycles. The molecule has 1 aliphatic rings. The highest BCUT2D eigenvalue weighted by molar-refractivity contribution is 7.58. The lowest BCUT2D eigenvalue weighted by atomic mass is 10.1. The Morgan fingerprint density at radius 3 is 2.68 bits per heavy atom. The summed E-state index contributed by atoms with van der Waals surface area (Å²) in [6, 6.07) is 0. The molecule has 4 N–H and O–H groups in total. The lowest BCUT2D eigenvalue weighted by Crippen LogP contribution is -2.29. The maximum atomic E-state index is 11.4. The number of imide groups is 1. The molecule has 126 valence electrons. The molecular formula is C13H24N2O6P+. The van der Waals surface area contributed by atoms with Crippen LogP contribution in [0, 0.1) is 0 Å². The van der Waals surface area contributed by atoms with Gasteiger partial charge in [0.25, 0.3) is 5.91 Å². The van der Waals surface area contributed by atoms with Crippen LogP contribution in [0.4, 0.5) is 0 Å². The molecule has 8 nitrogen and oxygen atoms in total. The molecule has 0 radical (unpaired) electrons. The maximum absolute atomic E-state index is 11.4. The van der Waals surface area contributed by atoms with Crippen LogP contribution in [0.25, 0.3) is 0 Å². The molecule has 1 fully saturated rings. The Labute approximate surface area is 130 Å². The predicted molar refractivity (Wildman–Crippen MR) is 81.3 cm³/mol. The smallest absolute Gasteiger partial charge is 0.355 e. The van der Waals surface area contributed by atoms with Gasteiger partial charge in [0.1, 0.15) is 12.4 Å². The third-order valence-electron chi connectivity index (χ3n) is 3.47. The fraction of sp³-hybridized carbons (Fsp3) is 0.692. The van der Waals surface area contributed by atoms with E-state index in [4.69, 9.17) is 19.4 Å². The number of hydrogen-bond acceptors (Lipinski definition) is 7. The molecule has 22 heavy (non-hydrogen) atoms. The Morgan fingerprint density at radius 1 is 1.41 bits per heavy atom. The van der Waals surface area contributed by atoms with Gasteiger partial charge >= 0.3 is 7.94 Å². The lowest BCUT2D eigenvalue weighted by molar-refractivity contribution is -0.122.